The molecule has 0 unspecified atom stereocenters. The minimum atomic E-state index is -0.638. The molecule has 1 aromatic carbocycles. The molecule has 5 rings (SSSR count). The Labute approximate surface area is 183 Å². The zero-order valence-electron chi connectivity index (χ0n) is 18.0. The number of imidazole rings is 1. The number of fused-ring (bicyclic) bond motifs is 4. The maximum Gasteiger partial charge on any atom is 0.257 e. The van der Waals surface area contributed by atoms with Crippen LogP contribution in [0.1, 0.15) is 28.7 Å². The van der Waals surface area contributed by atoms with Crippen molar-refractivity contribution in [3.05, 3.63) is 65.5 Å². The van der Waals surface area contributed by atoms with Crippen molar-refractivity contribution in [3.8, 4) is 0 Å². The standard InChI is InChI=1S/C23H22FN7O/c1-4-30(12-19-13(2)31-8-6-5-7-20(31)27-19)23(32)14-9-15-18(10-17(14)24)28-22(25)16-11-26-29(3)21(15)16/h5-11H,4,12H2,1-3H3,(H2,25,28). The largest absolute Gasteiger partial charge is 0.383 e. The molecule has 0 bridgehead atoms. The molecule has 0 radical (unpaired) electrons. The van der Waals surface area contributed by atoms with Crippen molar-refractivity contribution in [2.45, 2.75) is 20.4 Å². The van der Waals surface area contributed by atoms with Gasteiger partial charge in [0, 0.05) is 36.9 Å². The van der Waals surface area contributed by atoms with Crippen LogP contribution in [0.2, 0.25) is 0 Å². The Morgan fingerprint density at radius 1 is 1.22 bits per heavy atom. The summed E-state index contributed by atoms with van der Waals surface area (Å²) < 4.78 is 18.7. The van der Waals surface area contributed by atoms with Crippen molar-refractivity contribution >= 4 is 39.2 Å². The number of hydrogen-bond acceptors (Lipinski definition) is 5. The number of rotatable bonds is 4. The van der Waals surface area contributed by atoms with Gasteiger partial charge in [-0.15, -0.1) is 0 Å². The molecular weight excluding hydrogens is 409 g/mol. The van der Waals surface area contributed by atoms with Crippen LogP contribution in [0.3, 0.4) is 0 Å². The molecule has 1 amide bonds. The fourth-order valence-electron chi connectivity index (χ4n) is 4.14. The highest BCUT2D eigenvalue weighted by Crippen LogP contribution is 2.30. The van der Waals surface area contributed by atoms with Gasteiger partial charge >= 0.3 is 0 Å². The van der Waals surface area contributed by atoms with Gasteiger partial charge in [-0.05, 0) is 32.0 Å². The number of hydrogen-bond donors (Lipinski definition) is 1. The Bertz CT molecular complexity index is 1520. The first-order valence-corrected chi connectivity index (χ1v) is 10.3. The van der Waals surface area contributed by atoms with E-state index in [4.69, 9.17) is 5.73 Å². The van der Waals surface area contributed by atoms with Crippen LogP contribution in [-0.2, 0) is 13.6 Å². The van der Waals surface area contributed by atoms with Crippen molar-refractivity contribution in [2.75, 3.05) is 12.3 Å². The number of nitrogens with two attached hydrogens (primary N) is 1. The lowest BCUT2D eigenvalue weighted by atomic mass is 10.1. The Morgan fingerprint density at radius 2 is 2.03 bits per heavy atom. The summed E-state index contributed by atoms with van der Waals surface area (Å²) in [7, 11) is 1.77. The SMILES string of the molecule is CCN(Cc1nc2ccccn2c1C)C(=O)c1cc2c(cc1F)nc(N)c1cnn(C)c12. The van der Waals surface area contributed by atoms with Crippen LogP contribution in [-0.4, -0.2) is 41.5 Å². The molecule has 4 aromatic heterocycles. The van der Waals surface area contributed by atoms with E-state index in [1.165, 1.54) is 6.07 Å². The molecule has 2 N–H and O–H groups in total. The highest BCUT2D eigenvalue weighted by Gasteiger charge is 2.23. The monoisotopic (exact) mass is 431 g/mol. The molecule has 9 heteroatoms. The van der Waals surface area contributed by atoms with Gasteiger partial charge in [0.1, 0.15) is 17.3 Å². The third kappa shape index (κ3) is 2.96. The number of anilines is 1. The summed E-state index contributed by atoms with van der Waals surface area (Å²) in [4.78, 5) is 23.9. The molecule has 0 saturated heterocycles. The van der Waals surface area contributed by atoms with Gasteiger partial charge in [-0.25, -0.2) is 14.4 Å². The van der Waals surface area contributed by atoms with Crippen LogP contribution < -0.4 is 5.73 Å². The molecule has 0 aliphatic carbocycles. The highest BCUT2D eigenvalue weighted by atomic mass is 19.1. The van der Waals surface area contributed by atoms with E-state index in [9.17, 15) is 4.79 Å². The van der Waals surface area contributed by atoms with E-state index in [2.05, 4.69) is 15.1 Å². The van der Waals surface area contributed by atoms with E-state index in [0.717, 1.165) is 17.0 Å². The molecule has 0 aliphatic rings. The number of aryl methyl sites for hydroxylation is 2. The van der Waals surface area contributed by atoms with Crippen LogP contribution in [0.25, 0.3) is 27.5 Å². The average molecular weight is 431 g/mol. The summed E-state index contributed by atoms with van der Waals surface area (Å²) >= 11 is 0. The molecule has 0 aliphatic heterocycles. The molecule has 0 saturated carbocycles. The molecule has 32 heavy (non-hydrogen) atoms. The first-order valence-electron chi connectivity index (χ1n) is 10.3. The van der Waals surface area contributed by atoms with Gasteiger partial charge in [-0.1, -0.05) is 6.07 Å². The average Bonchev–Trinajstić information content (AvgIpc) is 3.32. The quantitative estimate of drug-likeness (QED) is 0.470. The first-order chi connectivity index (χ1) is 15.4. The number of aromatic nitrogens is 5. The van der Waals surface area contributed by atoms with Gasteiger partial charge < -0.3 is 15.0 Å². The van der Waals surface area contributed by atoms with E-state index in [1.807, 2.05) is 42.6 Å². The number of pyridine rings is 2. The molecular formula is C23H22FN7O. The number of carbonyl (C=O) groups excluding carboxylic acids is 1. The predicted molar refractivity (Wildman–Crippen MR) is 121 cm³/mol. The van der Waals surface area contributed by atoms with Gasteiger partial charge in [0.25, 0.3) is 5.91 Å². The van der Waals surface area contributed by atoms with Gasteiger partial charge in [0.2, 0.25) is 0 Å². The Hall–Kier alpha value is -4.01. The lowest BCUT2D eigenvalue weighted by molar-refractivity contribution is 0.0746. The minimum Gasteiger partial charge on any atom is -0.383 e. The molecule has 8 nitrogen and oxygen atoms in total. The molecule has 162 valence electrons. The van der Waals surface area contributed by atoms with Crippen LogP contribution in [0.4, 0.5) is 10.2 Å². The maximum absolute atomic E-state index is 15.0. The van der Waals surface area contributed by atoms with E-state index in [-0.39, 0.29) is 17.9 Å². The zero-order chi connectivity index (χ0) is 22.6. The Morgan fingerprint density at radius 3 is 2.78 bits per heavy atom. The van der Waals surface area contributed by atoms with E-state index in [0.29, 0.717) is 28.4 Å². The summed E-state index contributed by atoms with van der Waals surface area (Å²) in [5.74, 6) is -0.770. The van der Waals surface area contributed by atoms with E-state index < -0.39 is 11.7 Å². The lowest BCUT2D eigenvalue weighted by Gasteiger charge is -2.21. The normalized spacial score (nSPS) is 11.6. The predicted octanol–water partition coefficient (Wildman–Crippen LogP) is 3.46. The van der Waals surface area contributed by atoms with E-state index >= 15 is 4.39 Å². The van der Waals surface area contributed by atoms with Gasteiger partial charge in [0.05, 0.1) is 40.4 Å². The van der Waals surface area contributed by atoms with Crippen LogP contribution in [0.15, 0.2) is 42.7 Å². The second kappa shape index (κ2) is 7.30. The molecule has 4 heterocycles. The minimum absolute atomic E-state index is 0.0187. The summed E-state index contributed by atoms with van der Waals surface area (Å²) in [5, 5.41) is 5.53. The van der Waals surface area contributed by atoms with Crippen molar-refractivity contribution < 1.29 is 9.18 Å². The smallest absolute Gasteiger partial charge is 0.257 e. The van der Waals surface area contributed by atoms with E-state index in [1.54, 1.807) is 28.9 Å². The fourth-order valence-corrected chi connectivity index (χ4v) is 4.14. The summed E-state index contributed by atoms with van der Waals surface area (Å²) in [5.41, 5.74) is 9.61. The van der Waals surface area contributed by atoms with Gasteiger partial charge in [-0.2, -0.15) is 5.10 Å². The highest BCUT2D eigenvalue weighted by molar-refractivity contribution is 6.10. The summed E-state index contributed by atoms with van der Waals surface area (Å²) in [6.07, 6.45) is 3.55. The number of amides is 1. The van der Waals surface area contributed by atoms with Crippen molar-refractivity contribution in [1.82, 2.24) is 29.0 Å². The second-order valence-corrected chi connectivity index (χ2v) is 7.77. The molecule has 0 spiro atoms. The molecule has 5 aromatic rings. The third-order valence-corrected chi connectivity index (χ3v) is 5.90. The van der Waals surface area contributed by atoms with Crippen LogP contribution in [0, 0.1) is 12.7 Å². The number of benzene rings is 1. The topological polar surface area (TPSA) is 94.3 Å². The van der Waals surface area contributed by atoms with Gasteiger partial charge in [0.15, 0.2) is 0 Å². The number of nitrogens with zero attached hydrogens (tertiary/aromatic N) is 6. The molecule has 0 atom stereocenters. The molecule has 0 fully saturated rings. The Kier molecular flexibility index (Phi) is 4.54. The zero-order valence-corrected chi connectivity index (χ0v) is 18.0. The number of carbonyl (C=O) groups is 1. The number of nitrogen functional groups attached to an aromatic ring is 1. The second-order valence-electron chi connectivity index (χ2n) is 7.77. The van der Waals surface area contributed by atoms with Crippen LogP contribution >= 0.6 is 0 Å². The summed E-state index contributed by atoms with van der Waals surface area (Å²) in [6.45, 7) is 4.51. The van der Waals surface area contributed by atoms with Gasteiger partial charge in [-0.3, -0.25) is 9.48 Å². The van der Waals surface area contributed by atoms with Crippen LogP contribution in [0.5, 0.6) is 0 Å². The summed E-state index contributed by atoms with van der Waals surface area (Å²) in [6, 6.07) is 8.56. The maximum atomic E-state index is 15.0. The van der Waals surface area contributed by atoms with Crippen molar-refractivity contribution in [1.29, 1.82) is 0 Å². The first kappa shape index (κ1) is 19.9. The number of halogens is 1. The lowest BCUT2D eigenvalue weighted by Crippen LogP contribution is -2.31. The van der Waals surface area contributed by atoms with Crippen molar-refractivity contribution in [3.63, 3.8) is 0 Å². The third-order valence-electron chi connectivity index (χ3n) is 5.90. The fraction of sp³-hybridized carbons (Fsp3) is 0.217. The Balaban J connectivity index is 1.58. The van der Waals surface area contributed by atoms with Crippen molar-refractivity contribution in [2.24, 2.45) is 7.05 Å².